The van der Waals surface area contributed by atoms with Gasteiger partial charge in [-0.05, 0) is 42.7 Å². The van der Waals surface area contributed by atoms with Crippen molar-refractivity contribution in [1.29, 1.82) is 0 Å². The summed E-state index contributed by atoms with van der Waals surface area (Å²) < 4.78 is 5.16. The first-order valence-corrected chi connectivity index (χ1v) is 8.72. The van der Waals surface area contributed by atoms with Gasteiger partial charge in [-0.2, -0.15) is 0 Å². The van der Waals surface area contributed by atoms with Gasteiger partial charge in [-0.15, -0.1) is 0 Å². The molecule has 5 nitrogen and oxygen atoms in total. The fraction of sp³-hybridized carbons (Fsp3) is 0.400. The van der Waals surface area contributed by atoms with Gasteiger partial charge in [0.1, 0.15) is 11.6 Å². The number of rotatable bonds is 5. The van der Waals surface area contributed by atoms with E-state index in [1.54, 1.807) is 7.11 Å². The summed E-state index contributed by atoms with van der Waals surface area (Å²) in [5.74, 6) is 2.00. The van der Waals surface area contributed by atoms with Gasteiger partial charge in [0.05, 0.1) is 13.5 Å². The van der Waals surface area contributed by atoms with Crippen LogP contribution in [0.3, 0.4) is 0 Å². The second-order valence-corrected chi connectivity index (χ2v) is 6.44. The molecule has 25 heavy (non-hydrogen) atoms. The highest BCUT2D eigenvalue weighted by molar-refractivity contribution is 5.78. The zero-order valence-corrected chi connectivity index (χ0v) is 14.9. The van der Waals surface area contributed by atoms with Gasteiger partial charge >= 0.3 is 0 Å². The molecule has 5 heteroatoms. The Morgan fingerprint density at radius 2 is 1.92 bits per heavy atom. The van der Waals surface area contributed by atoms with Crippen molar-refractivity contribution in [3.8, 4) is 5.75 Å². The molecule has 1 saturated heterocycles. The van der Waals surface area contributed by atoms with Crippen molar-refractivity contribution in [2.45, 2.75) is 25.3 Å². The van der Waals surface area contributed by atoms with Crippen LogP contribution in [0.1, 0.15) is 18.4 Å². The van der Waals surface area contributed by atoms with Gasteiger partial charge in [-0.3, -0.25) is 4.79 Å². The zero-order valence-electron chi connectivity index (χ0n) is 14.9. The number of hydrogen-bond acceptors (Lipinski definition) is 4. The maximum Gasteiger partial charge on any atom is 0.226 e. The summed E-state index contributed by atoms with van der Waals surface area (Å²) >= 11 is 0. The van der Waals surface area contributed by atoms with E-state index in [1.807, 2.05) is 60.6 Å². The lowest BCUT2D eigenvalue weighted by Crippen LogP contribution is -2.46. The minimum atomic E-state index is 0.168. The highest BCUT2D eigenvalue weighted by atomic mass is 16.5. The Hall–Kier alpha value is -2.56. The van der Waals surface area contributed by atoms with Crippen molar-refractivity contribution in [3.05, 3.63) is 54.2 Å². The van der Waals surface area contributed by atoms with Crippen LogP contribution in [0.4, 0.5) is 5.82 Å². The third-order valence-corrected chi connectivity index (χ3v) is 4.89. The summed E-state index contributed by atoms with van der Waals surface area (Å²) in [7, 11) is 3.57. The fourth-order valence-corrected chi connectivity index (χ4v) is 3.27. The van der Waals surface area contributed by atoms with Gasteiger partial charge in [0.25, 0.3) is 0 Å². The third-order valence-electron chi connectivity index (χ3n) is 4.89. The van der Waals surface area contributed by atoms with Crippen molar-refractivity contribution in [2.24, 2.45) is 0 Å². The summed E-state index contributed by atoms with van der Waals surface area (Å²) in [6.45, 7) is 1.86. The van der Waals surface area contributed by atoms with E-state index in [0.717, 1.165) is 43.1 Å². The summed E-state index contributed by atoms with van der Waals surface area (Å²) in [5, 5.41) is 0. The number of carbonyl (C=O) groups is 1. The van der Waals surface area contributed by atoms with Crippen molar-refractivity contribution in [2.75, 3.05) is 32.1 Å². The van der Waals surface area contributed by atoms with Crippen molar-refractivity contribution in [1.82, 2.24) is 9.88 Å². The summed E-state index contributed by atoms with van der Waals surface area (Å²) in [4.78, 5) is 21.2. The quantitative estimate of drug-likeness (QED) is 0.840. The number of piperidine rings is 1. The molecular weight excluding hydrogens is 314 g/mol. The van der Waals surface area contributed by atoms with E-state index in [0.29, 0.717) is 12.5 Å². The first kappa shape index (κ1) is 17.3. The predicted molar refractivity (Wildman–Crippen MR) is 98.9 cm³/mol. The minimum Gasteiger partial charge on any atom is -0.497 e. The van der Waals surface area contributed by atoms with Gasteiger partial charge < -0.3 is 14.5 Å². The fourth-order valence-electron chi connectivity index (χ4n) is 3.27. The Labute approximate surface area is 149 Å². The van der Waals surface area contributed by atoms with Crippen LogP contribution in [0.25, 0.3) is 0 Å². The zero-order chi connectivity index (χ0) is 17.6. The summed E-state index contributed by atoms with van der Waals surface area (Å²) in [6, 6.07) is 14.0. The smallest absolute Gasteiger partial charge is 0.226 e. The molecule has 3 rings (SSSR count). The van der Waals surface area contributed by atoms with Crippen LogP contribution in [0.15, 0.2) is 48.7 Å². The molecule has 0 N–H and O–H groups in total. The van der Waals surface area contributed by atoms with E-state index in [1.165, 1.54) is 0 Å². The second-order valence-electron chi connectivity index (χ2n) is 6.44. The second kappa shape index (κ2) is 8.01. The standard InChI is InChI=1S/C20H25N3O2/c1-22(20(24)15-16-6-8-18(25-2)9-7-16)17-10-13-23(14-11-17)19-5-3-4-12-21-19/h3-9,12,17H,10-11,13-15H2,1-2H3. The molecule has 0 bridgehead atoms. The third kappa shape index (κ3) is 4.29. The van der Waals surface area contributed by atoms with Crippen LogP contribution in [0, 0.1) is 0 Å². The van der Waals surface area contributed by atoms with Crippen molar-refractivity contribution >= 4 is 11.7 Å². The van der Waals surface area contributed by atoms with Crippen LogP contribution in [0.2, 0.25) is 0 Å². The van der Waals surface area contributed by atoms with Crippen LogP contribution >= 0.6 is 0 Å². The van der Waals surface area contributed by atoms with Gasteiger partial charge in [-0.1, -0.05) is 18.2 Å². The number of ether oxygens (including phenoxy) is 1. The molecule has 0 aliphatic carbocycles. The Morgan fingerprint density at radius 1 is 1.20 bits per heavy atom. The minimum absolute atomic E-state index is 0.168. The molecular formula is C20H25N3O2. The Morgan fingerprint density at radius 3 is 2.52 bits per heavy atom. The number of aromatic nitrogens is 1. The number of anilines is 1. The normalized spacial score (nSPS) is 15.0. The molecule has 0 atom stereocenters. The number of carbonyl (C=O) groups excluding carboxylic acids is 1. The Balaban J connectivity index is 1.52. The molecule has 2 aromatic rings. The molecule has 0 spiro atoms. The van der Waals surface area contributed by atoms with E-state index >= 15 is 0 Å². The molecule has 1 fully saturated rings. The monoisotopic (exact) mass is 339 g/mol. The van der Waals surface area contributed by atoms with E-state index in [4.69, 9.17) is 4.74 Å². The van der Waals surface area contributed by atoms with Crippen LogP contribution < -0.4 is 9.64 Å². The average Bonchev–Trinajstić information content (AvgIpc) is 2.69. The first-order chi connectivity index (χ1) is 12.2. The number of benzene rings is 1. The van der Waals surface area contributed by atoms with E-state index in [9.17, 15) is 4.79 Å². The molecule has 0 unspecified atom stereocenters. The number of hydrogen-bond donors (Lipinski definition) is 0. The average molecular weight is 339 g/mol. The van der Waals surface area contributed by atoms with E-state index in [2.05, 4.69) is 9.88 Å². The van der Waals surface area contributed by atoms with Crippen LogP contribution in [0.5, 0.6) is 5.75 Å². The molecule has 2 heterocycles. The van der Waals surface area contributed by atoms with E-state index in [-0.39, 0.29) is 5.91 Å². The molecule has 0 saturated carbocycles. The van der Waals surface area contributed by atoms with Crippen LogP contribution in [-0.4, -0.2) is 49.1 Å². The first-order valence-electron chi connectivity index (χ1n) is 8.72. The topological polar surface area (TPSA) is 45.7 Å². The van der Waals surface area contributed by atoms with Crippen molar-refractivity contribution < 1.29 is 9.53 Å². The van der Waals surface area contributed by atoms with Gasteiger partial charge in [0, 0.05) is 32.4 Å². The van der Waals surface area contributed by atoms with E-state index < -0.39 is 0 Å². The maximum atomic E-state index is 12.6. The number of nitrogens with zero attached hydrogens (tertiary/aromatic N) is 3. The highest BCUT2D eigenvalue weighted by Crippen LogP contribution is 2.21. The molecule has 0 radical (unpaired) electrons. The number of amides is 1. The molecule has 1 aromatic heterocycles. The molecule has 1 amide bonds. The Bertz CT molecular complexity index is 680. The SMILES string of the molecule is COc1ccc(CC(=O)N(C)C2CCN(c3ccccn3)CC2)cc1. The van der Waals surface area contributed by atoms with Gasteiger partial charge in [-0.25, -0.2) is 4.98 Å². The maximum absolute atomic E-state index is 12.6. The summed E-state index contributed by atoms with van der Waals surface area (Å²) in [6.07, 6.45) is 4.20. The summed E-state index contributed by atoms with van der Waals surface area (Å²) in [5.41, 5.74) is 1.02. The molecule has 132 valence electrons. The Kier molecular flexibility index (Phi) is 5.53. The predicted octanol–water partition coefficient (Wildman–Crippen LogP) is 2.76. The molecule has 1 aliphatic rings. The largest absolute Gasteiger partial charge is 0.497 e. The lowest BCUT2D eigenvalue weighted by molar-refractivity contribution is -0.131. The lowest BCUT2D eigenvalue weighted by Gasteiger charge is -2.37. The number of likely N-dealkylation sites (N-methyl/N-ethyl adjacent to an activating group) is 1. The van der Waals surface area contributed by atoms with Gasteiger partial charge in [0.15, 0.2) is 0 Å². The van der Waals surface area contributed by atoms with Crippen LogP contribution in [-0.2, 0) is 11.2 Å². The molecule has 1 aliphatic heterocycles. The van der Waals surface area contributed by atoms with Crippen molar-refractivity contribution in [3.63, 3.8) is 0 Å². The number of methoxy groups -OCH3 is 1. The lowest BCUT2D eigenvalue weighted by atomic mass is 10.0. The number of pyridine rings is 1. The molecule has 1 aromatic carbocycles. The van der Waals surface area contributed by atoms with Gasteiger partial charge in [0.2, 0.25) is 5.91 Å². The highest BCUT2D eigenvalue weighted by Gasteiger charge is 2.25.